The highest BCUT2D eigenvalue weighted by atomic mass is 16.5. The second kappa shape index (κ2) is 6.99. The van der Waals surface area contributed by atoms with Crippen LogP contribution in [0.1, 0.15) is 0 Å². The van der Waals surface area contributed by atoms with E-state index >= 15 is 0 Å². The zero-order valence-corrected chi connectivity index (χ0v) is 12.5. The number of fused-ring (bicyclic) bond motifs is 1. The molecule has 0 radical (unpaired) electrons. The maximum absolute atomic E-state index is 11.9. The summed E-state index contributed by atoms with van der Waals surface area (Å²) in [6, 6.07) is 5.64. The van der Waals surface area contributed by atoms with Crippen LogP contribution in [-0.2, 0) is 16.1 Å². The van der Waals surface area contributed by atoms with Crippen LogP contribution in [0.5, 0.6) is 11.5 Å². The molecule has 0 spiro atoms. The van der Waals surface area contributed by atoms with Crippen molar-refractivity contribution in [2.75, 3.05) is 34.5 Å². The highest BCUT2D eigenvalue weighted by Crippen LogP contribution is 2.31. The zero-order chi connectivity index (χ0) is 15.2. The van der Waals surface area contributed by atoms with Crippen molar-refractivity contribution in [3.8, 4) is 11.5 Å². The number of amides is 1. The predicted molar refractivity (Wildman–Crippen MR) is 79.9 cm³/mol. The molecule has 1 amide bonds. The number of rotatable bonds is 7. The third-order valence-corrected chi connectivity index (χ3v) is 3.22. The van der Waals surface area contributed by atoms with Crippen molar-refractivity contribution in [1.29, 1.82) is 0 Å². The van der Waals surface area contributed by atoms with E-state index in [1.165, 1.54) is 0 Å². The summed E-state index contributed by atoms with van der Waals surface area (Å²) in [5, 5.41) is 3.74. The molecule has 1 aromatic heterocycles. The number of nitrogens with zero attached hydrogens (tertiary/aromatic N) is 1. The smallest absolute Gasteiger partial charge is 0.240 e. The molecule has 1 N–H and O–H groups in total. The Morgan fingerprint density at radius 3 is 2.71 bits per heavy atom. The Morgan fingerprint density at radius 1 is 1.24 bits per heavy atom. The average Bonchev–Trinajstić information content (AvgIpc) is 2.89. The Balaban J connectivity index is 2.22. The molecule has 0 bridgehead atoms. The number of carbonyl (C=O) groups is 1. The molecule has 6 heteroatoms. The van der Waals surface area contributed by atoms with Gasteiger partial charge in [0.1, 0.15) is 18.0 Å². The van der Waals surface area contributed by atoms with Crippen molar-refractivity contribution in [2.45, 2.75) is 6.54 Å². The molecule has 0 aliphatic heterocycles. The third-order valence-electron chi connectivity index (χ3n) is 3.22. The van der Waals surface area contributed by atoms with Gasteiger partial charge in [0.15, 0.2) is 0 Å². The average molecular weight is 292 g/mol. The number of hydrogen-bond acceptors (Lipinski definition) is 4. The fourth-order valence-corrected chi connectivity index (χ4v) is 2.17. The molecule has 6 nitrogen and oxygen atoms in total. The van der Waals surface area contributed by atoms with Crippen molar-refractivity contribution in [1.82, 2.24) is 9.88 Å². The van der Waals surface area contributed by atoms with Gasteiger partial charge >= 0.3 is 0 Å². The van der Waals surface area contributed by atoms with E-state index in [9.17, 15) is 4.79 Å². The van der Waals surface area contributed by atoms with Crippen LogP contribution >= 0.6 is 0 Å². The lowest BCUT2D eigenvalue weighted by atomic mass is 10.2. The minimum absolute atomic E-state index is 0.0636. The van der Waals surface area contributed by atoms with E-state index < -0.39 is 0 Å². The van der Waals surface area contributed by atoms with E-state index in [1.54, 1.807) is 21.3 Å². The van der Waals surface area contributed by atoms with E-state index in [-0.39, 0.29) is 12.5 Å². The Labute approximate surface area is 123 Å². The molecule has 21 heavy (non-hydrogen) atoms. The number of benzene rings is 1. The Bertz CT molecular complexity index is 621. The third kappa shape index (κ3) is 3.46. The lowest BCUT2D eigenvalue weighted by Crippen LogP contribution is -2.30. The quantitative estimate of drug-likeness (QED) is 0.784. The van der Waals surface area contributed by atoms with Crippen molar-refractivity contribution in [2.24, 2.45) is 0 Å². The minimum Gasteiger partial charge on any atom is -0.497 e. The van der Waals surface area contributed by atoms with Crippen LogP contribution < -0.4 is 14.8 Å². The lowest BCUT2D eigenvalue weighted by Gasteiger charge is -2.10. The van der Waals surface area contributed by atoms with Gasteiger partial charge in [-0.05, 0) is 6.07 Å². The summed E-state index contributed by atoms with van der Waals surface area (Å²) >= 11 is 0. The second-order valence-electron chi connectivity index (χ2n) is 4.55. The van der Waals surface area contributed by atoms with Crippen LogP contribution in [0.4, 0.5) is 0 Å². The van der Waals surface area contributed by atoms with Crippen LogP contribution in [0.3, 0.4) is 0 Å². The SMILES string of the molecule is COCCNC(=O)Cn1ccc2c(OC)cc(OC)cc21. The molecular formula is C15H20N2O4. The maximum atomic E-state index is 11.9. The first kappa shape index (κ1) is 15.2. The van der Waals surface area contributed by atoms with Gasteiger partial charge in [-0.25, -0.2) is 0 Å². The van der Waals surface area contributed by atoms with E-state index in [1.807, 2.05) is 29.0 Å². The molecule has 2 rings (SSSR count). The normalized spacial score (nSPS) is 10.6. The van der Waals surface area contributed by atoms with Gasteiger partial charge in [0.2, 0.25) is 5.91 Å². The summed E-state index contributed by atoms with van der Waals surface area (Å²) in [5.74, 6) is 1.35. The Kier molecular flexibility index (Phi) is 5.05. The van der Waals surface area contributed by atoms with Crippen LogP contribution in [0.15, 0.2) is 24.4 Å². The Hall–Kier alpha value is -2.21. The van der Waals surface area contributed by atoms with Crippen molar-refractivity contribution >= 4 is 16.8 Å². The largest absolute Gasteiger partial charge is 0.497 e. The molecule has 0 saturated heterocycles. The Morgan fingerprint density at radius 2 is 2.05 bits per heavy atom. The molecule has 1 heterocycles. The molecule has 1 aromatic carbocycles. The van der Waals surface area contributed by atoms with Gasteiger partial charge in [-0.15, -0.1) is 0 Å². The highest BCUT2D eigenvalue weighted by Gasteiger charge is 2.11. The lowest BCUT2D eigenvalue weighted by molar-refractivity contribution is -0.121. The molecule has 0 aliphatic carbocycles. The van der Waals surface area contributed by atoms with E-state index in [0.29, 0.717) is 18.9 Å². The van der Waals surface area contributed by atoms with Gasteiger partial charge in [-0.2, -0.15) is 0 Å². The van der Waals surface area contributed by atoms with Crippen LogP contribution in [0.25, 0.3) is 10.9 Å². The van der Waals surface area contributed by atoms with Crippen molar-refractivity contribution < 1.29 is 19.0 Å². The summed E-state index contributed by atoms with van der Waals surface area (Å²) in [5.41, 5.74) is 0.896. The molecular weight excluding hydrogens is 272 g/mol. The molecule has 0 fully saturated rings. The molecule has 0 atom stereocenters. The highest BCUT2D eigenvalue weighted by molar-refractivity contribution is 5.89. The number of hydrogen-bond donors (Lipinski definition) is 1. The fraction of sp³-hybridized carbons (Fsp3) is 0.400. The summed E-state index contributed by atoms with van der Waals surface area (Å²) in [7, 11) is 4.82. The number of carbonyl (C=O) groups excluding carboxylic acids is 1. The molecule has 0 unspecified atom stereocenters. The number of nitrogens with one attached hydrogen (secondary N) is 1. The summed E-state index contributed by atoms with van der Waals surface area (Å²) in [6.07, 6.45) is 1.86. The topological polar surface area (TPSA) is 61.7 Å². The van der Waals surface area contributed by atoms with Gasteiger partial charge in [-0.1, -0.05) is 0 Å². The predicted octanol–water partition coefficient (Wildman–Crippen LogP) is 1.42. The second-order valence-corrected chi connectivity index (χ2v) is 4.55. The van der Waals surface area contributed by atoms with E-state index in [0.717, 1.165) is 16.7 Å². The molecule has 0 aliphatic rings. The summed E-state index contributed by atoms with van der Waals surface area (Å²) in [6.45, 7) is 1.24. The number of ether oxygens (including phenoxy) is 3. The number of methoxy groups -OCH3 is 3. The first-order valence-electron chi connectivity index (χ1n) is 6.66. The summed E-state index contributed by atoms with van der Waals surface area (Å²) < 4.78 is 17.4. The summed E-state index contributed by atoms with van der Waals surface area (Å²) in [4.78, 5) is 11.9. The van der Waals surface area contributed by atoms with Crippen molar-refractivity contribution in [3.05, 3.63) is 24.4 Å². The van der Waals surface area contributed by atoms with E-state index in [4.69, 9.17) is 14.2 Å². The fourth-order valence-electron chi connectivity index (χ4n) is 2.17. The van der Waals surface area contributed by atoms with E-state index in [2.05, 4.69) is 5.32 Å². The minimum atomic E-state index is -0.0636. The van der Waals surface area contributed by atoms with Gasteiger partial charge in [0, 0.05) is 37.4 Å². The standard InChI is InChI=1S/C15H20N2O4/c1-19-7-5-16-15(18)10-17-6-4-12-13(17)8-11(20-2)9-14(12)21-3/h4,6,8-9H,5,7,10H2,1-3H3,(H,16,18). The molecule has 114 valence electrons. The zero-order valence-electron chi connectivity index (χ0n) is 12.5. The van der Waals surface area contributed by atoms with Crippen LogP contribution in [-0.4, -0.2) is 45.0 Å². The maximum Gasteiger partial charge on any atom is 0.240 e. The van der Waals surface area contributed by atoms with Crippen LogP contribution in [0.2, 0.25) is 0 Å². The van der Waals surface area contributed by atoms with Gasteiger partial charge < -0.3 is 24.1 Å². The van der Waals surface area contributed by atoms with Gasteiger partial charge in [0.05, 0.1) is 26.3 Å². The monoisotopic (exact) mass is 292 g/mol. The molecule has 0 saturated carbocycles. The number of aromatic nitrogens is 1. The first-order valence-corrected chi connectivity index (χ1v) is 6.66. The van der Waals surface area contributed by atoms with Gasteiger partial charge in [0.25, 0.3) is 0 Å². The molecule has 2 aromatic rings. The van der Waals surface area contributed by atoms with Crippen LogP contribution in [0, 0.1) is 0 Å². The first-order chi connectivity index (χ1) is 10.2. The van der Waals surface area contributed by atoms with Crippen molar-refractivity contribution in [3.63, 3.8) is 0 Å². The van der Waals surface area contributed by atoms with Gasteiger partial charge in [-0.3, -0.25) is 4.79 Å².